The minimum Gasteiger partial charge on any atom is -0.859 e. The van der Waals surface area contributed by atoms with Crippen LogP contribution in [0.4, 0.5) is 0 Å². The minimum absolute atomic E-state index is 0. The first-order chi connectivity index (χ1) is 9.73. The first-order valence-electron chi connectivity index (χ1n) is 7.43. The van der Waals surface area contributed by atoms with Crippen molar-refractivity contribution in [3.8, 4) is 0 Å². The van der Waals surface area contributed by atoms with Crippen LogP contribution in [0.3, 0.4) is 0 Å². The second kappa shape index (κ2) is 10.4. The van der Waals surface area contributed by atoms with E-state index in [-0.39, 0.29) is 57.5 Å². The smallest absolute Gasteiger partial charge is 0.859 e. The third-order valence-corrected chi connectivity index (χ3v) is 6.57. The summed E-state index contributed by atoms with van der Waals surface area (Å²) in [6.45, 7) is 7.83. The number of methoxy groups -OCH3 is 1. The minimum atomic E-state index is -3.65. The summed E-state index contributed by atoms with van der Waals surface area (Å²) in [4.78, 5) is 21.3. The van der Waals surface area contributed by atoms with Gasteiger partial charge in [-0.15, -0.1) is 0 Å². The zero-order valence-electron chi connectivity index (χ0n) is 15.4. The van der Waals surface area contributed by atoms with Crippen molar-refractivity contribution in [3.05, 3.63) is 0 Å². The number of carbonyl (C=O) groups is 1. The second-order valence-electron chi connectivity index (χ2n) is 7.11. The van der Waals surface area contributed by atoms with Crippen LogP contribution in [-0.4, -0.2) is 51.0 Å². The van der Waals surface area contributed by atoms with Crippen molar-refractivity contribution in [1.29, 1.82) is 0 Å². The van der Waals surface area contributed by atoms with E-state index in [1.165, 1.54) is 13.8 Å². The van der Waals surface area contributed by atoms with Crippen LogP contribution in [0.1, 0.15) is 39.5 Å². The van der Waals surface area contributed by atoms with Gasteiger partial charge in [0.25, 0.3) is 0 Å². The fourth-order valence-corrected chi connectivity index (χ4v) is 4.09. The average molecular weight is 393 g/mol. The second-order valence-corrected chi connectivity index (χ2v) is 14.1. The number of ether oxygens (including phenoxy) is 1. The van der Waals surface area contributed by atoms with E-state index in [0.29, 0.717) is 25.7 Å². The molecule has 0 radical (unpaired) electrons. The Morgan fingerprint density at radius 1 is 1.17 bits per heavy atom. The molecule has 1 saturated carbocycles. The third-order valence-electron chi connectivity index (χ3n) is 3.62. The van der Waals surface area contributed by atoms with Gasteiger partial charge in [-0.25, -0.2) is 8.42 Å². The summed E-state index contributed by atoms with van der Waals surface area (Å²) in [7, 11) is -3.90. The molecule has 1 N–H and O–H groups in total. The predicted molar refractivity (Wildman–Crippen MR) is 87.0 cm³/mol. The Morgan fingerprint density at radius 2 is 1.52 bits per heavy atom. The maximum atomic E-state index is 12.2. The Labute approximate surface area is 183 Å². The van der Waals surface area contributed by atoms with Crippen LogP contribution in [-0.2, 0) is 19.4 Å². The normalized spacial score (nSPS) is 22.4. The Hall–Kier alpha value is 1.19. The van der Waals surface area contributed by atoms with Crippen molar-refractivity contribution >= 4 is 24.1 Å². The van der Waals surface area contributed by atoms with Crippen LogP contribution < -0.4 is 56.2 Å². The van der Waals surface area contributed by atoms with Crippen molar-refractivity contribution in [2.45, 2.75) is 75.3 Å². The first-order valence-corrected chi connectivity index (χ1v) is 12.4. The predicted octanol–water partition coefficient (Wildman–Crippen LogP) is -1.59. The van der Waals surface area contributed by atoms with Gasteiger partial charge in [0.05, 0.1) is 11.4 Å². The number of hydrogen-bond donors (Lipinski definition) is 1. The first kappa shape index (κ1) is 26.4. The van der Waals surface area contributed by atoms with Crippen LogP contribution >= 0.6 is 0 Å². The average Bonchev–Trinajstić information content (AvgIpc) is 2.36. The molecule has 0 amide bonds. The number of carboxylic acids is 1. The van der Waals surface area contributed by atoms with Crippen molar-refractivity contribution in [1.82, 2.24) is 0 Å². The molecule has 1 aliphatic rings. The molecule has 0 aliphatic heterocycles. The van der Waals surface area contributed by atoms with Gasteiger partial charge in [-0.1, -0.05) is 28.0 Å². The number of hydrogen-bond acceptors (Lipinski definition) is 5. The molecule has 0 bridgehead atoms. The van der Waals surface area contributed by atoms with Crippen molar-refractivity contribution in [3.63, 3.8) is 0 Å². The zero-order chi connectivity index (χ0) is 17.8. The van der Waals surface area contributed by atoms with Gasteiger partial charge >= 0.3 is 57.4 Å². The molecule has 9 heteroatoms. The van der Waals surface area contributed by atoms with E-state index in [1.54, 1.807) is 26.8 Å². The Morgan fingerprint density at radius 3 is 1.78 bits per heavy atom. The molecule has 132 valence electrons. The molecule has 0 saturated heterocycles. The van der Waals surface area contributed by atoms with Gasteiger partial charge < -0.3 is 14.6 Å². The fraction of sp³-hybridized carbons (Fsp3) is 0.929. The monoisotopic (exact) mass is 392 g/mol. The maximum absolute atomic E-state index is 12.2. The molecule has 0 heterocycles. The van der Waals surface area contributed by atoms with Crippen molar-refractivity contribution in [2.24, 2.45) is 0 Å². The van der Waals surface area contributed by atoms with Crippen LogP contribution in [0.2, 0.25) is 19.6 Å². The summed E-state index contributed by atoms with van der Waals surface area (Å²) >= 11 is 0. The standard InChI is InChI=1S/C11H20O5S.C3H9OSi.K/c1-11(2,10(12)13)17(14,15)9-6-4-8(16-3)5-7-9;1-5(2,3)4;/h8-9H,4-7H2,1-3H3,(H,12,13);1-3H3;/q;-1;+1. The van der Waals surface area contributed by atoms with E-state index in [0.717, 1.165) is 0 Å². The molecular weight excluding hydrogens is 363 g/mol. The molecule has 0 aromatic carbocycles. The van der Waals surface area contributed by atoms with Gasteiger partial charge in [-0.2, -0.15) is 0 Å². The van der Waals surface area contributed by atoms with Crippen LogP contribution in [0.15, 0.2) is 0 Å². The summed E-state index contributed by atoms with van der Waals surface area (Å²) in [6, 6.07) is 0. The Kier molecular flexibility index (Phi) is 11.9. The Bertz CT molecular complexity index is 458. The molecule has 0 spiro atoms. The molecule has 0 atom stereocenters. The molecule has 1 rings (SSSR count). The van der Waals surface area contributed by atoms with Gasteiger partial charge in [-0.3, -0.25) is 4.79 Å². The molecule has 23 heavy (non-hydrogen) atoms. The summed E-state index contributed by atoms with van der Waals surface area (Å²) in [5, 5.41) is 8.45. The topological polar surface area (TPSA) is 104 Å². The van der Waals surface area contributed by atoms with Crippen molar-refractivity contribution < 1.29 is 79.2 Å². The summed E-state index contributed by atoms with van der Waals surface area (Å²) in [6.07, 6.45) is 2.43. The molecule has 1 fully saturated rings. The SMILES string of the molecule is COC1CCC(S(=O)(=O)C(C)(C)C(=O)O)CC1.C[Si](C)(C)[O-].[K+]. The van der Waals surface area contributed by atoms with Crippen molar-refractivity contribution in [2.75, 3.05) is 7.11 Å². The number of carboxylic acid groups (broad SMARTS) is 1. The van der Waals surface area contributed by atoms with E-state index < -0.39 is 34.1 Å². The molecular formula is C14H29KO6SSi. The maximum Gasteiger partial charge on any atom is 1.00 e. The van der Waals surface area contributed by atoms with E-state index in [2.05, 4.69) is 0 Å². The van der Waals surface area contributed by atoms with Crippen LogP contribution in [0, 0.1) is 0 Å². The molecule has 0 aromatic rings. The van der Waals surface area contributed by atoms with E-state index in [9.17, 15) is 18.0 Å². The molecule has 6 nitrogen and oxygen atoms in total. The number of sulfone groups is 1. The van der Waals surface area contributed by atoms with Gasteiger partial charge in [0.2, 0.25) is 0 Å². The van der Waals surface area contributed by atoms with E-state index in [4.69, 9.17) is 9.84 Å². The number of aliphatic carboxylic acids is 1. The van der Waals surface area contributed by atoms with Gasteiger partial charge in [-0.05, 0) is 39.5 Å². The zero-order valence-corrected chi connectivity index (χ0v) is 20.3. The van der Waals surface area contributed by atoms with Gasteiger partial charge in [0.15, 0.2) is 14.6 Å². The van der Waals surface area contributed by atoms with E-state index >= 15 is 0 Å². The summed E-state index contributed by atoms with van der Waals surface area (Å²) < 4.78 is 27.9. The van der Waals surface area contributed by atoms with E-state index in [1.807, 2.05) is 0 Å². The van der Waals surface area contributed by atoms with Gasteiger partial charge in [0.1, 0.15) is 0 Å². The largest absolute Gasteiger partial charge is 1.00 e. The quantitative estimate of drug-likeness (QED) is 0.579. The van der Waals surface area contributed by atoms with Crippen LogP contribution in [0.5, 0.6) is 0 Å². The number of rotatable bonds is 4. The molecule has 1 aliphatic carbocycles. The summed E-state index contributed by atoms with van der Waals surface area (Å²) in [5.74, 6) is -1.29. The van der Waals surface area contributed by atoms with Gasteiger partial charge in [0, 0.05) is 7.11 Å². The molecule has 0 unspecified atom stereocenters. The molecule has 0 aromatic heterocycles. The Balaban J connectivity index is 0. The fourth-order valence-electron chi connectivity index (χ4n) is 2.12. The summed E-state index contributed by atoms with van der Waals surface area (Å²) in [5.41, 5.74) is 0. The van der Waals surface area contributed by atoms with Crippen LogP contribution in [0.25, 0.3) is 0 Å². The third kappa shape index (κ3) is 8.91.